The molecule has 3 aromatic carbocycles. The third-order valence-corrected chi connectivity index (χ3v) is 5.27. The second-order valence-electron chi connectivity index (χ2n) is 7.44. The highest BCUT2D eigenvalue weighted by molar-refractivity contribution is 5.90. The zero-order valence-electron chi connectivity index (χ0n) is 17.4. The fourth-order valence-corrected chi connectivity index (χ4v) is 3.49. The minimum Gasteiger partial charge on any atom is -0.454 e. The summed E-state index contributed by atoms with van der Waals surface area (Å²) in [6.45, 7) is 4.26. The van der Waals surface area contributed by atoms with Gasteiger partial charge in [0.1, 0.15) is 6.10 Å². The third-order valence-electron chi connectivity index (χ3n) is 5.27. The molecule has 0 saturated heterocycles. The first-order chi connectivity index (χ1) is 14.2. The standard InChI is InChI=1S/C27H30O2.CH4/c1-3-5-7-10-21-13-15-22(16-14-21)23-17-19-25(20-18-23)27(28)29-26(4-2)24-11-8-6-9-12-24;/h6,8-9,11-20,26H,3-5,7,10H2,1-2H3;1H4. The van der Waals surface area contributed by atoms with Crippen LogP contribution in [0.25, 0.3) is 11.1 Å². The van der Waals surface area contributed by atoms with Crippen molar-refractivity contribution >= 4 is 5.97 Å². The van der Waals surface area contributed by atoms with E-state index < -0.39 is 0 Å². The Bertz CT molecular complexity index is 880. The van der Waals surface area contributed by atoms with Crippen LogP contribution in [0.2, 0.25) is 0 Å². The van der Waals surface area contributed by atoms with E-state index in [-0.39, 0.29) is 19.5 Å². The lowest BCUT2D eigenvalue weighted by Crippen LogP contribution is -2.11. The Balaban J connectivity index is 0.00000320. The molecule has 0 aliphatic heterocycles. The Labute approximate surface area is 181 Å². The Hall–Kier alpha value is -2.87. The summed E-state index contributed by atoms with van der Waals surface area (Å²) < 4.78 is 5.74. The number of rotatable bonds is 9. The normalized spacial score (nSPS) is 11.4. The van der Waals surface area contributed by atoms with Crippen LogP contribution in [-0.2, 0) is 11.2 Å². The van der Waals surface area contributed by atoms with Crippen molar-refractivity contribution in [2.45, 2.75) is 59.5 Å². The molecule has 0 fully saturated rings. The maximum atomic E-state index is 12.6. The molecule has 0 amide bonds. The van der Waals surface area contributed by atoms with Gasteiger partial charge in [0.25, 0.3) is 0 Å². The number of carbonyl (C=O) groups excluding carboxylic acids is 1. The molecule has 0 heterocycles. The number of esters is 1. The molecule has 158 valence electrons. The number of aryl methyl sites for hydroxylation is 1. The lowest BCUT2D eigenvalue weighted by molar-refractivity contribution is 0.0288. The van der Waals surface area contributed by atoms with Gasteiger partial charge in [-0.1, -0.05) is 101 Å². The second-order valence-corrected chi connectivity index (χ2v) is 7.44. The molecule has 0 aromatic heterocycles. The van der Waals surface area contributed by atoms with E-state index in [9.17, 15) is 4.79 Å². The molecule has 0 N–H and O–H groups in total. The smallest absolute Gasteiger partial charge is 0.338 e. The van der Waals surface area contributed by atoms with E-state index in [1.165, 1.54) is 30.4 Å². The van der Waals surface area contributed by atoms with Crippen LogP contribution in [0, 0.1) is 0 Å². The zero-order valence-corrected chi connectivity index (χ0v) is 17.4. The number of ether oxygens (including phenoxy) is 1. The quantitative estimate of drug-likeness (QED) is 0.267. The van der Waals surface area contributed by atoms with Gasteiger partial charge in [0, 0.05) is 0 Å². The molecule has 3 aromatic rings. The molecule has 0 saturated carbocycles. The second kappa shape index (κ2) is 12.0. The van der Waals surface area contributed by atoms with E-state index in [0.717, 1.165) is 24.0 Å². The average Bonchev–Trinajstić information content (AvgIpc) is 2.78. The summed E-state index contributed by atoms with van der Waals surface area (Å²) in [5.41, 5.74) is 5.27. The Morgan fingerprint density at radius 3 is 1.97 bits per heavy atom. The van der Waals surface area contributed by atoms with Gasteiger partial charge in [0.2, 0.25) is 0 Å². The van der Waals surface area contributed by atoms with Crippen LogP contribution >= 0.6 is 0 Å². The van der Waals surface area contributed by atoms with Crippen molar-refractivity contribution in [2.75, 3.05) is 0 Å². The highest BCUT2D eigenvalue weighted by Crippen LogP contribution is 2.24. The van der Waals surface area contributed by atoms with Crippen LogP contribution in [-0.4, -0.2) is 5.97 Å². The highest BCUT2D eigenvalue weighted by Gasteiger charge is 2.16. The number of unbranched alkanes of at least 4 members (excludes halogenated alkanes) is 2. The van der Waals surface area contributed by atoms with Crippen molar-refractivity contribution < 1.29 is 9.53 Å². The predicted molar refractivity (Wildman–Crippen MR) is 127 cm³/mol. The first-order valence-corrected chi connectivity index (χ1v) is 10.7. The lowest BCUT2D eigenvalue weighted by atomic mass is 10.0. The van der Waals surface area contributed by atoms with Gasteiger partial charge >= 0.3 is 5.97 Å². The number of carbonyl (C=O) groups is 1. The van der Waals surface area contributed by atoms with Gasteiger partial charge in [0.15, 0.2) is 0 Å². The molecular formula is C28H34O2. The van der Waals surface area contributed by atoms with Crippen molar-refractivity contribution in [1.29, 1.82) is 0 Å². The van der Waals surface area contributed by atoms with Crippen molar-refractivity contribution in [3.8, 4) is 11.1 Å². The molecular weight excluding hydrogens is 368 g/mol. The summed E-state index contributed by atoms with van der Waals surface area (Å²) in [6, 6.07) is 26.3. The lowest BCUT2D eigenvalue weighted by Gasteiger charge is -2.16. The van der Waals surface area contributed by atoms with Crippen molar-refractivity contribution in [1.82, 2.24) is 0 Å². The van der Waals surface area contributed by atoms with Crippen molar-refractivity contribution in [3.63, 3.8) is 0 Å². The largest absolute Gasteiger partial charge is 0.454 e. The summed E-state index contributed by atoms with van der Waals surface area (Å²) in [6.07, 6.45) is 5.44. The maximum absolute atomic E-state index is 12.6. The zero-order chi connectivity index (χ0) is 20.5. The fraction of sp³-hybridized carbons (Fsp3) is 0.321. The van der Waals surface area contributed by atoms with Crippen LogP contribution in [0.4, 0.5) is 0 Å². The van der Waals surface area contributed by atoms with Gasteiger partial charge in [-0.15, -0.1) is 0 Å². The van der Waals surface area contributed by atoms with E-state index in [1.807, 2.05) is 61.5 Å². The highest BCUT2D eigenvalue weighted by atomic mass is 16.5. The summed E-state index contributed by atoms with van der Waals surface area (Å²) in [4.78, 5) is 12.6. The van der Waals surface area contributed by atoms with E-state index in [0.29, 0.717) is 5.56 Å². The monoisotopic (exact) mass is 402 g/mol. The van der Waals surface area contributed by atoms with Gasteiger partial charge in [-0.3, -0.25) is 0 Å². The first kappa shape index (κ1) is 23.4. The molecule has 0 spiro atoms. The maximum Gasteiger partial charge on any atom is 0.338 e. The number of hydrogen-bond donors (Lipinski definition) is 0. The van der Waals surface area contributed by atoms with Crippen LogP contribution in [0.3, 0.4) is 0 Å². The molecule has 0 radical (unpaired) electrons. The van der Waals surface area contributed by atoms with Crippen LogP contribution in [0.15, 0.2) is 78.9 Å². The summed E-state index contributed by atoms with van der Waals surface area (Å²) >= 11 is 0. The van der Waals surface area contributed by atoms with E-state index in [2.05, 4.69) is 31.2 Å². The topological polar surface area (TPSA) is 26.3 Å². The minimum atomic E-state index is -0.279. The Morgan fingerprint density at radius 1 is 0.800 bits per heavy atom. The summed E-state index contributed by atoms with van der Waals surface area (Å²) in [5.74, 6) is -0.279. The molecule has 0 aliphatic rings. The van der Waals surface area contributed by atoms with Gasteiger partial charge in [-0.25, -0.2) is 4.79 Å². The predicted octanol–water partition coefficient (Wildman–Crippen LogP) is 8.03. The molecule has 0 bridgehead atoms. The van der Waals surface area contributed by atoms with Gasteiger partial charge in [-0.2, -0.15) is 0 Å². The molecule has 3 rings (SSSR count). The van der Waals surface area contributed by atoms with Gasteiger partial charge in [-0.05, 0) is 53.6 Å². The summed E-state index contributed by atoms with van der Waals surface area (Å²) in [5, 5.41) is 0. The van der Waals surface area contributed by atoms with E-state index >= 15 is 0 Å². The van der Waals surface area contributed by atoms with Gasteiger partial charge < -0.3 is 4.74 Å². The average molecular weight is 403 g/mol. The number of benzene rings is 3. The van der Waals surface area contributed by atoms with Crippen molar-refractivity contribution in [2.24, 2.45) is 0 Å². The van der Waals surface area contributed by atoms with Crippen LogP contribution in [0.1, 0.15) is 74.5 Å². The van der Waals surface area contributed by atoms with E-state index in [1.54, 1.807) is 0 Å². The van der Waals surface area contributed by atoms with Gasteiger partial charge in [0.05, 0.1) is 5.56 Å². The Kier molecular flexibility index (Phi) is 9.34. The minimum absolute atomic E-state index is 0. The third kappa shape index (κ3) is 6.32. The van der Waals surface area contributed by atoms with Crippen LogP contribution < -0.4 is 0 Å². The molecule has 1 atom stereocenters. The van der Waals surface area contributed by atoms with Crippen LogP contribution in [0.5, 0.6) is 0 Å². The number of hydrogen-bond acceptors (Lipinski definition) is 2. The molecule has 30 heavy (non-hydrogen) atoms. The SMILES string of the molecule is C.CCCCCc1ccc(-c2ccc(C(=O)OC(CC)c3ccccc3)cc2)cc1. The molecule has 1 unspecified atom stereocenters. The summed E-state index contributed by atoms with van der Waals surface area (Å²) in [7, 11) is 0. The molecule has 0 aliphatic carbocycles. The fourth-order valence-electron chi connectivity index (χ4n) is 3.49. The molecule has 2 nitrogen and oxygen atoms in total. The Morgan fingerprint density at radius 2 is 1.40 bits per heavy atom. The first-order valence-electron chi connectivity index (χ1n) is 10.7. The molecule has 2 heteroatoms. The van der Waals surface area contributed by atoms with Crippen molar-refractivity contribution in [3.05, 3.63) is 95.6 Å². The van der Waals surface area contributed by atoms with E-state index in [4.69, 9.17) is 4.74 Å².